The van der Waals surface area contributed by atoms with Gasteiger partial charge in [-0.1, -0.05) is 18.5 Å². The molecule has 0 saturated carbocycles. The van der Waals surface area contributed by atoms with Crippen molar-refractivity contribution in [3.63, 3.8) is 0 Å². The lowest BCUT2D eigenvalue weighted by molar-refractivity contribution is -0.116. The van der Waals surface area contributed by atoms with Crippen molar-refractivity contribution in [1.82, 2.24) is 4.98 Å². The van der Waals surface area contributed by atoms with E-state index in [1.165, 1.54) is 0 Å². The number of carbonyl (C=O) groups is 1. The van der Waals surface area contributed by atoms with Gasteiger partial charge in [0.1, 0.15) is 5.15 Å². The molecule has 1 heterocycles. The van der Waals surface area contributed by atoms with Crippen LogP contribution >= 0.6 is 11.6 Å². The molecule has 0 aromatic carbocycles. The maximum atomic E-state index is 11.3. The quantitative estimate of drug-likeness (QED) is 0.783. The predicted molar refractivity (Wildman–Crippen MR) is 57.5 cm³/mol. The number of aromatic nitrogens is 1. The van der Waals surface area contributed by atoms with E-state index in [0.717, 1.165) is 17.8 Å². The number of hydrogen-bond donors (Lipinski definition) is 1. The standard InChI is InChI=1S/C10H13ClN2O/c1-3-4-10(14)13-8-5-6-9(11)12-7(8)2/h5-6H,3-4H2,1-2H3,(H,13,14). The summed E-state index contributed by atoms with van der Waals surface area (Å²) in [7, 11) is 0. The number of pyridine rings is 1. The molecule has 1 rings (SSSR count). The fourth-order valence-electron chi connectivity index (χ4n) is 1.10. The molecular formula is C10H13ClN2O. The highest BCUT2D eigenvalue weighted by atomic mass is 35.5. The molecule has 0 aliphatic heterocycles. The molecule has 0 saturated heterocycles. The molecule has 4 heteroatoms. The Kier molecular flexibility index (Phi) is 3.89. The second-order valence-corrected chi connectivity index (χ2v) is 3.45. The minimum Gasteiger partial charge on any atom is -0.325 e. The van der Waals surface area contributed by atoms with E-state index in [4.69, 9.17) is 11.6 Å². The van der Waals surface area contributed by atoms with Gasteiger partial charge >= 0.3 is 0 Å². The number of carbonyl (C=O) groups excluding carboxylic acids is 1. The van der Waals surface area contributed by atoms with Gasteiger partial charge in [-0.15, -0.1) is 0 Å². The van der Waals surface area contributed by atoms with Crippen LogP contribution in [0.1, 0.15) is 25.5 Å². The molecule has 3 nitrogen and oxygen atoms in total. The molecule has 76 valence electrons. The third-order valence-corrected chi connectivity index (χ3v) is 2.01. The van der Waals surface area contributed by atoms with Crippen molar-refractivity contribution in [2.24, 2.45) is 0 Å². The zero-order valence-corrected chi connectivity index (χ0v) is 9.06. The Morgan fingerprint density at radius 1 is 1.57 bits per heavy atom. The van der Waals surface area contributed by atoms with Crippen molar-refractivity contribution in [2.75, 3.05) is 5.32 Å². The molecule has 1 aromatic rings. The van der Waals surface area contributed by atoms with Gasteiger partial charge in [0.05, 0.1) is 11.4 Å². The molecular weight excluding hydrogens is 200 g/mol. The summed E-state index contributed by atoms with van der Waals surface area (Å²) < 4.78 is 0. The minimum absolute atomic E-state index is 0.0136. The smallest absolute Gasteiger partial charge is 0.224 e. The van der Waals surface area contributed by atoms with E-state index in [0.29, 0.717) is 11.6 Å². The average Bonchev–Trinajstić information content (AvgIpc) is 2.10. The normalized spacial score (nSPS) is 9.93. The van der Waals surface area contributed by atoms with E-state index < -0.39 is 0 Å². The van der Waals surface area contributed by atoms with Crippen LogP contribution in [0.3, 0.4) is 0 Å². The van der Waals surface area contributed by atoms with Crippen LogP contribution < -0.4 is 5.32 Å². The second kappa shape index (κ2) is 4.96. The van der Waals surface area contributed by atoms with Crippen molar-refractivity contribution in [3.05, 3.63) is 23.0 Å². The first-order chi connectivity index (χ1) is 6.63. The van der Waals surface area contributed by atoms with E-state index in [-0.39, 0.29) is 5.91 Å². The van der Waals surface area contributed by atoms with Crippen LogP contribution in [0.25, 0.3) is 0 Å². The highest BCUT2D eigenvalue weighted by Crippen LogP contribution is 2.15. The number of hydrogen-bond acceptors (Lipinski definition) is 2. The minimum atomic E-state index is 0.0136. The molecule has 0 radical (unpaired) electrons. The first kappa shape index (κ1) is 11.0. The Balaban J connectivity index is 2.72. The maximum absolute atomic E-state index is 11.3. The van der Waals surface area contributed by atoms with E-state index in [1.54, 1.807) is 12.1 Å². The number of amides is 1. The summed E-state index contributed by atoms with van der Waals surface area (Å²) in [5.74, 6) is 0.0136. The monoisotopic (exact) mass is 212 g/mol. The summed E-state index contributed by atoms with van der Waals surface area (Å²) in [5.41, 5.74) is 1.47. The Morgan fingerprint density at radius 2 is 2.29 bits per heavy atom. The second-order valence-electron chi connectivity index (χ2n) is 3.07. The van der Waals surface area contributed by atoms with E-state index in [2.05, 4.69) is 10.3 Å². The molecule has 0 fully saturated rings. The SMILES string of the molecule is CCCC(=O)Nc1ccc(Cl)nc1C. The van der Waals surface area contributed by atoms with Crippen molar-refractivity contribution in [2.45, 2.75) is 26.7 Å². The summed E-state index contributed by atoms with van der Waals surface area (Å²) >= 11 is 5.69. The lowest BCUT2D eigenvalue weighted by Gasteiger charge is -2.06. The Hall–Kier alpha value is -1.09. The third-order valence-electron chi connectivity index (χ3n) is 1.80. The van der Waals surface area contributed by atoms with Crippen LogP contribution in [0.5, 0.6) is 0 Å². The van der Waals surface area contributed by atoms with E-state index in [1.807, 2.05) is 13.8 Å². The third kappa shape index (κ3) is 3.00. The van der Waals surface area contributed by atoms with E-state index in [9.17, 15) is 4.79 Å². The van der Waals surface area contributed by atoms with Crippen molar-refractivity contribution >= 4 is 23.2 Å². The Bertz CT molecular complexity index is 339. The highest BCUT2D eigenvalue weighted by Gasteiger charge is 2.04. The van der Waals surface area contributed by atoms with Crippen LogP contribution in [0.2, 0.25) is 5.15 Å². The number of halogens is 1. The molecule has 0 unspecified atom stereocenters. The largest absolute Gasteiger partial charge is 0.325 e. The summed E-state index contributed by atoms with van der Waals surface area (Å²) in [6.07, 6.45) is 1.37. The van der Waals surface area contributed by atoms with Gasteiger partial charge in [0.15, 0.2) is 0 Å². The maximum Gasteiger partial charge on any atom is 0.224 e. The van der Waals surface area contributed by atoms with Gasteiger partial charge < -0.3 is 5.32 Å². The Labute approximate surface area is 88.5 Å². The lowest BCUT2D eigenvalue weighted by Crippen LogP contribution is -2.11. The Morgan fingerprint density at radius 3 is 2.86 bits per heavy atom. The summed E-state index contributed by atoms with van der Waals surface area (Å²) in [4.78, 5) is 15.3. The fourth-order valence-corrected chi connectivity index (χ4v) is 1.29. The van der Waals surface area contributed by atoms with Gasteiger partial charge in [0.25, 0.3) is 0 Å². The first-order valence-electron chi connectivity index (χ1n) is 4.56. The summed E-state index contributed by atoms with van der Waals surface area (Å²) in [6.45, 7) is 3.78. The van der Waals surface area contributed by atoms with E-state index >= 15 is 0 Å². The van der Waals surface area contributed by atoms with Crippen molar-refractivity contribution < 1.29 is 4.79 Å². The summed E-state index contributed by atoms with van der Waals surface area (Å²) in [5, 5.41) is 3.22. The zero-order valence-electron chi connectivity index (χ0n) is 8.30. The number of anilines is 1. The van der Waals surface area contributed by atoms with Gasteiger partial charge in [-0.05, 0) is 25.5 Å². The van der Waals surface area contributed by atoms with Gasteiger partial charge in [0, 0.05) is 6.42 Å². The first-order valence-corrected chi connectivity index (χ1v) is 4.94. The number of nitrogens with one attached hydrogen (secondary N) is 1. The molecule has 14 heavy (non-hydrogen) atoms. The van der Waals surface area contributed by atoms with Crippen LogP contribution in [0.4, 0.5) is 5.69 Å². The molecule has 0 aliphatic rings. The molecule has 1 N–H and O–H groups in total. The molecule has 0 bridgehead atoms. The fraction of sp³-hybridized carbons (Fsp3) is 0.400. The summed E-state index contributed by atoms with van der Waals surface area (Å²) in [6, 6.07) is 3.42. The van der Waals surface area contributed by atoms with Crippen molar-refractivity contribution in [3.8, 4) is 0 Å². The number of nitrogens with zero attached hydrogens (tertiary/aromatic N) is 1. The molecule has 1 amide bonds. The van der Waals surface area contributed by atoms with Crippen molar-refractivity contribution in [1.29, 1.82) is 0 Å². The predicted octanol–water partition coefficient (Wildman–Crippen LogP) is 2.78. The molecule has 0 spiro atoms. The van der Waals surface area contributed by atoms with Crippen LogP contribution in [-0.4, -0.2) is 10.9 Å². The van der Waals surface area contributed by atoms with Crippen LogP contribution in [0, 0.1) is 6.92 Å². The van der Waals surface area contributed by atoms with Gasteiger partial charge in [-0.25, -0.2) is 4.98 Å². The molecule has 1 aromatic heterocycles. The lowest BCUT2D eigenvalue weighted by atomic mass is 10.3. The molecule has 0 aliphatic carbocycles. The number of aryl methyl sites for hydroxylation is 1. The van der Waals surface area contributed by atoms with Gasteiger partial charge in [-0.3, -0.25) is 4.79 Å². The topological polar surface area (TPSA) is 42.0 Å². The van der Waals surface area contributed by atoms with Gasteiger partial charge in [-0.2, -0.15) is 0 Å². The van der Waals surface area contributed by atoms with Gasteiger partial charge in [0.2, 0.25) is 5.91 Å². The average molecular weight is 213 g/mol. The zero-order chi connectivity index (χ0) is 10.6. The molecule has 0 atom stereocenters. The van der Waals surface area contributed by atoms with Crippen LogP contribution in [0.15, 0.2) is 12.1 Å². The number of rotatable bonds is 3. The van der Waals surface area contributed by atoms with Crippen LogP contribution in [-0.2, 0) is 4.79 Å². The highest BCUT2D eigenvalue weighted by molar-refractivity contribution is 6.29.